The summed E-state index contributed by atoms with van der Waals surface area (Å²) >= 11 is 0. The third kappa shape index (κ3) is 8.02. The van der Waals surface area contributed by atoms with Crippen LogP contribution in [0, 0.1) is 0 Å². The van der Waals surface area contributed by atoms with Crippen LogP contribution in [0.4, 0.5) is 21.0 Å². The minimum Gasteiger partial charge on any atom is -0.495 e. The largest absolute Gasteiger partial charge is 0.495 e. The van der Waals surface area contributed by atoms with Crippen LogP contribution in [0.1, 0.15) is 11.1 Å². The maximum Gasteiger partial charge on any atom is 0.333 e. The van der Waals surface area contributed by atoms with Crippen molar-refractivity contribution in [1.82, 2.24) is 9.44 Å². The van der Waals surface area contributed by atoms with Gasteiger partial charge in [0, 0.05) is 11.4 Å². The Labute approximate surface area is 249 Å². The van der Waals surface area contributed by atoms with Crippen molar-refractivity contribution < 1.29 is 35.9 Å². The molecule has 4 amide bonds. The standard InChI is InChI=1S/C29H28N4O8S2/c1-40-24-7-3-5-9-26(24)42(36,37)32-28(34)30-22-15-11-20(12-16-22)19-21-13-17-23(18-14-21)31-29(35)33-43(38,39)27-10-6-4-8-25(27)41-2/h3-18H,19H2,1-2H3,(H2,30,32,34)(H2,31,33,35). The van der Waals surface area contributed by atoms with Crippen molar-refractivity contribution in [3.8, 4) is 11.5 Å². The van der Waals surface area contributed by atoms with E-state index < -0.39 is 32.1 Å². The molecule has 0 bridgehead atoms. The molecular weight excluding hydrogens is 596 g/mol. The van der Waals surface area contributed by atoms with Gasteiger partial charge in [-0.2, -0.15) is 0 Å². The van der Waals surface area contributed by atoms with E-state index in [0.717, 1.165) is 11.1 Å². The van der Waals surface area contributed by atoms with E-state index in [2.05, 4.69) is 10.6 Å². The van der Waals surface area contributed by atoms with Gasteiger partial charge in [-0.15, -0.1) is 0 Å². The summed E-state index contributed by atoms with van der Waals surface area (Å²) in [6, 6.07) is 23.6. The number of urea groups is 2. The van der Waals surface area contributed by atoms with E-state index in [0.29, 0.717) is 17.8 Å². The first kappa shape index (κ1) is 30.9. The average Bonchev–Trinajstić information content (AvgIpc) is 2.98. The van der Waals surface area contributed by atoms with Crippen molar-refractivity contribution in [3.05, 3.63) is 108 Å². The number of para-hydroxylation sites is 2. The molecule has 0 saturated carbocycles. The van der Waals surface area contributed by atoms with Crippen molar-refractivity contribution in [2.45, 2.75) is 16.2 Å². The van der Waals surface area contributed by atoms with Crippen LogP contribution in [0.3, 0.4) is 0 Å². The molecule has 4 aromatic carbocycles. The van der Waals surface area contributed by atoms with Crippen LogP contribution >= 0.6 is 0 Å². The zero-order chi connectivity index (χ0) is 31.0. The fourth-order valence-electron chi connectivity index (χ4n) is 4.00. The number of hydrogen-bond donors (Lipinski definition) is 4. The number of benzene rings is 4. The van der Waals surface area contributed by atoms with E-state index in [1.54, 1.807) is 60.7 Å². The number of hydrogen-bond acceptors (Lipinski definition) is 8. The van der Waals surface area contributed by atoms with Crippen LogP contribution in [-0.4, -0.2) is 43.1 Å². The molecule has 0 saturated heterocycles. The molecule has 0 heterocycles. The van der Waals surface area contributed by atoms with Gasteiger partial charge in [-0.05, 0) is 66.1 Å². The Morgan fingerprint density at radius 3 is 1.26 bits per heavy atom. The normalized spacial score (nSPS) is 11.2. The molecule has 4 aromatic rings. The van der Waals surface area contributed by atoms with E-state index in [1.807, 2.05) is 9.44 Å². The molecule has 0 spiro atoms. The highest BCUT2D eigenvalue weighted by atomic mass is 32.2. The van der Waals surface area contributed by atoms with Crippen LogP contribution in [0.5, 0.6) is 11.5 Å². The lowest BCUT2D eigenvalue weighted by atomic mass is 10.0. The number of anilines is 2. The van der Waals surface area contributed by atoms with Crippen LogP contribution in [-0.2, 0) is 26.5 Å². The van der Waals surface area contributed by atoms with Crippen LogP contribution in [0.15, 0.2) is 107 Å². The molecule has 0 unspecified atom stereocenters. The van der Waals surface area contributed by atoms with Crippen molar-refractivity contribution in [2.24, 2.45) is 0 Å². The number of nitrogens with one attached hydrogen (secondary N) is 4. The molecule has 14 heteroatoms. The number of ether oxygens (including phenoxy) is 2. The second-order valence-electron chi connectivity index (χ2n) is 8.99. The summed E-state index contributed by atoms with van der Waals surface area (Å²) in [5.41, 5.74) is 2.55. The van der Waals surface area contributed by atoms with Gasteiger partial charge in [0.15, 0.2) is 0 Å². The zero-order valence-electron chi connectivity index (χ0n) is 23.0. The van der Waals surface area contributed by atoms with Gasteiger partial charge in [0.25, 0.3) is 20.0 Å². The molecule has 0 atom stereocenters. The van der Waals surface area contributed by atoms with Gasteiger partial charge in [0.05, 0.1) is 14.2 Å². The summed E-state index contributed by atoms with van der Waals surface area (Å²) in [4.78, 5) is 24.4. The third-order valence-electron chi connectivity index (χ3n) is 6.00. The first-order chi connectivity index (χ1) is 20.5. The summed E-state index contributed by atoms with van der Waals surface area (Å²) in [5.74, 6) is 0.215. The fraction of sp³-hybridized carbons (Fsp3) is 0.103. The molecule has 0 fully saturated rings. The van der Waals surface area contributed by atoms with Crippen molar-refractivity contribution >= 4 is 43.5 Å². The molecule has 0 aliphatic carbocycles. The summed E-state index contributed by atoms with van der Waals surface area (Å²) in [7, 11) is -5.65. The van der Waals surface area contributed by atoms with Gasteiger partial charge < -0.3 is 20.1 Å². The third-order valence-corrected chi connectivity index (χ3v) is 8.74. The Morgan fingerprint density at radius 1 is 0.558 bits per heavy atom. The maximum atomic E-state index is 12.6. The highest BCUT2D eigenvalue weighted by molar-refractivity contribution is 7.90. The smallest absolute Gasteiger partial charge is 0.333 e. The molecule has 0 radical (unpaired) electrons. The molecule has 0 aromatic heterocycles. The Hall–Kier alpha value is -5.08. The summed E-state index contributed by atoms with van der Waals surface area (Å²) in [6.45, 7) is 0. The lowest BCUT2D eigenvalue weighted by molar-refractivity contribution is 0.255. The highest BCUT2D eigenvalue weighted by Crippen LogP contribution is 2.24. The van der Waals surface area contributed by atoms with Gasteiger partial charge in [0.2, 0.25) is 0 Å². The molecule has 0 aliphatic rings. The summed E-state index contributed by atoms with van der Waals surface area (Å²) in [5, 5.41) is 4.98. The Bertz CT molecular complexity index is 1690. The zero-order valence-corrected chi connectivity index (χ0v) is 24.7. The minimum atomic E-state index is -4.16. The Balaban J connectivity index is 1.31. The highest BCUT2D eigenvalue weighted by Gasteiger charge is 2.23. The van der Waals surface area contributed by atoms with Crippen LogP contribution in [0.2, 0.25) is 0 Å². The topological polar surface area (TPSA) is 169 Å². The number of rotatable bonds is 10. The Kier molecular flexibility index (Phi) is 9.52. The number of sulfonamides is 2. The second-order valence-corrected chi connectivity index (χ2v) is 12.3. The van der Waals surface area contributed by atoms with Crippen molar-refractivity contribution in [3.63, 3.8) is 0 Å². The fourth-order valence-corrected chi connectivity index (χ4v) is 6.15. The first-order valence-corrected chi connectivity index (χ1v) is 15.6. The lowest BCUT2D eigenvalue weighted by Gasteiger charge is -2.12. The monoisotopic (exact) mass is 624 g/mol. The lowest BCUT2D eigenvalue weighted by Crippen LogP contribution is -2.34. The summed E-state index contributed by atoms with van der Waals surface area (Å²) < 4.78 is 64.4. The Morgan fingerprint density at radius 2 is 0.907 bits per heavy atom. The van der Waals surface area contributed by atoms with Crippen molar-refractivity contribution in [2.75, 3.05) is 24.9 Å². The number of carbonyl (C=O) groups excluding carboxylic acids is 2. The van der Waals surface area contributed by atoms with E-state index in [1.165, 1.54) is 50.6 Å². The predicted octanol–water partition coefficient (Wildman–Crippen LogP) is 4.32. The molecule has 224 valence electrons. The maximum absolute atomic E-state index is 12.6. The van der Waals surface area contributed by atoms with Crippen LogP contribution < -0.4 is 29.6 Å². The van der Waals surface area contributed by atoms with Crippen molar-refractivity contribution in [1.29, 1.82) is 0 Å². The molecule has 0 aliphatic heterocycles. The number of carbonyl (C=O) groups is 2. The van der Waals surface area contributed by atoms with E-state index >= 15 is 0 Å². The summed E-state index contributed by atoms with van der Waals surface area (Å²) in [6.07, 6.45) is 0.517. The van der Waals surface area contributed by atoms with E-state index in [4.69, 9.17) is 9.47 Å². The van der Waals surface area contributed by atoms with E-state index in [9.17, 15) is 26.4 Å². The molecule has 12 nitrogen and oxygen atoms in total. The quantitative estimate of drug-likeness (QED) is 0.202. The number of methoxy groups -OCH3 is 2. The minimum absolute atomic E-state index is 0.108. The average molecular weight is 625 g/mol. The molecule has 4 N–H and O–H groups in total. The predicted molar refractivity (Wildman–Crippen MR) is 160 cm³/mol. The second kappa shape index (κ2) is 13.3. The van der Waals surface area contributed by atoms with Gasteiger partial charge in [-0.1, -0.05) is 48.5 Å². The van der Waals surface area contributed by atoms with E-state index in [-0.39, 0.29) is 21.3 Å². The van der Waals surface area contributed by atoms with Gasteiger partial charge in [-0.3, -0.25) is 0 Å². The molecule has 4 rings (SSSR count). The first-order valence-electron chi connectivity index (χ1n) is 12.6. The number of amides is 4. The van der Waals surface area contributed by atoms with Gasteiger partial charge in [0.1, 0.15) is 21.3 Å². The molecular formula is C29H28N4O8S2. The SMILES string of the molecule is COc1ccccc1S(=O)(=O)NC(=O)Nc1ccc(Cc2ccc(NC(=O)NS(=O)(=O)c3ccccc3OC)cc2)cc1. The van der Waals surface area contributed by atoms with Gasteiger partial charge in [-0.25, -0.2) is 35.9 Å². The van der Waals surface area contributed by atoms with Gasteiger partial charge >= 0.3 is 12.1 Å². The molecule has 43 heavy (non-hydrogen) atoms. The van der Waals surface area contributed by atoms with Crippen LogP contribution in [0.25, 0.3) is 0 Å².